The van der Waals surface area contributed by atoms with Crippen molar-refractivity contribution in [3.63, 3.8) is 0 Å². The zero-order chi connectivity index (χ0) is 14.9. The minimum atomic E-state index is -1.82. The van der Waals surface area contributed by atoms with Gasteiger partial charge in [0.2, 0.25) is 0 Å². The lowest BCUT2D eigenvalue weighted by Gasteiger charge is -2.08. The van der Waals surface area contributed by atoms with Crippen LogP contribution in [0.2, 0.25) is 0 Å². The molecule has 1 aromatic carbocycles. The lowest BCUT2D eigenvalue weighted by Crippen LogP contribution is -2.38. The molecule has 0 aliphatic rings. The molecule has 0 amide bonds. The molecule has 1 heterocycles. The fourth-order valence-electron chi connectivity index (χ4n) is 1.86. The highest BCUT2D eigenvalue weighted by Crippen LogP contribution is 2.03. The number of nitrogens with zero attached hydrogens (tertiary/aromatic N) is 2. The summed E-state index contributed by atoms with van der Waals surface area (Å²) in [6.45, 7) is -0.149. The summed E-state index contributed by atoms with van der Waals surface area (Å²) in [7, 11) is -0.327. The van der Waals surface area contributed by atoms with Crippen molar-refractivity contribution in [3.8, 4) is 0 Å². The fourth-order valence-corrected chi connectivity index (χ4v) is 1.86. The molecule has 0 spiro atoms. The first-order valence-electron chi connectivity index (χ1n) is 5.80. The van der Waals surface area contributed by atoms with Gasteiger partial charge in [0.25, 0.3) is 5.56 Å². The Morgan fingerprint density at radius 3 is 2.60 bits per heavy atom. The predicted octanol–water partition coefficient (Wildman–Crippen LogP) is -1.59. The van der Waals surface area contributed by atoms with E-state index in [2.05, 4.69) is 0 Å². The van der Waals surface area contributed by atoms with Gasteiger partial charge in [-0.1, -0.05) is 6.07 Å². The maximum absolute atomic E-state index is 13.4. The Labute approximate surface area is 113 Å². The summed E-state index contributed by atoms with van der Waals surface area (Å²) in [4.78, 5) is 23.5. The van der Waals surface area contributed by atoms with E-state index in [1.165, 1.54) is 29.9 Å². The van der Waals surface area contributed by atoms with Crippen molar-refractivity contribution in [2.45, 2.75) is 6.54 Å². The quantitative estimate of drug-likeness (QED) is 0.663. The molecular weight excluding hydrogens is 266 g/mol. The molecule has 0 saturated carbocycles. The lowest BCUT2D eigenvalue weighted by atomic mass is 9.79. The molecule has 0 radical (unpaired) electrons. The van der Waals surface area contributed by atoms with Crippen LogP contribution >= 0.6 is 0 Å². The Morgan fingerprint density at radius 1 is 1.25 bits per heavy atom. The van der Waals surface area contributed by atoms with Crippen molar-refractivity contribution in [2.75, 3.05) is 0 Å². The molecule has 8 heteroatoms. The lowest BCUT2D eigenvalue weighted by molar-refractivity contribution is 0.425. The largest absolute Gasteiger partial charge is 0.488 e. The van der Waals surface area contributed by atoms with Crippen LogP contribution in [0.5, 0.6) is 0 Å². The van der Waals surface area contributed by atoms with Gasteiger partial charge < -0.3 is 14.6 Å². The molecule has 0 fully saturated rings. The normalized spacial score (nSPS) is 10.6. The number of aromatic nitrogens is 2. The Hall–Kier alpha value is -2.19. The van der Waals surface area contributed by atoms with Gasteiger partial charge >= 0.3 is 12.8 Å². The topological polar surface area (TPSA) is 84.5 Å². The van der Waals surface area contributed by atoms with Gasteiger partial charge in [0, 0.05) is 19.3 Å². The van der Waals surface area contributed by atoms with Crippen molar-refractivity contribution in [1.82, 2.24) is 9.13 Å². The van der Waals surface area contributed by atoms with Crippen LogP contribution in [0.4, 0.5) is 4.39 Å². The molecule has 20 heavy (non-hydrogen) atoms. The van der Waals surface area contributed by atoms with E-state index in [1.54, 1.807) is 0 Å². The van der Waals surface area contributed by atoms with Crippen molar-refractivity contribution < 1.29 is 14.4 Å². The first kappa shape index (κ1) is 14.2. The van der Waals surface area contributed by atoms with Crippen LogP contribution in [-0.4, -0.2) is 26.3 Å². The molecule has 2 aromatic rings. The minimum Gasteiger partial charge on any atom is -0.423 e. The van der Waals surface area contributed by atoms with E-state index >= 15 is 0 Å². The van der Waals surface area contributed by atoms with E-state index in [9.17, 15) is 14.0 Å². The minimum absolute atomic E-state index is 0.0409. The van der Waals surface area contributed by atoms with Crippen LogP contribution in [0.3, 0.4) is 0 Å². The average molecular weight is 278 g/mol. The number of halogens is 1. The van der Waals surface area contributed by atoms with Crippen LogP contribution in [0.25, 0.3) is 0 Å². The fraction of sp³-hybridized carbons (Fsp3) is 0.167. The Bertz CT molecular complexity index is 754. The monoisotopic (exact) mass is 278 g/mol. The standard InChI is InChI=1S/C12H12BFN2O4/c1-15-3-2-11(17)16(12(15)18)7-8-4-9(13(19)20)6-10(14)5-8/h2-6,19-20H,7H2,1H3. The molecule has 104 valence electrons. The van der Waals surface area contributed by atoms with Crippen LogP contribution in [0.1, 0.15) is 5.56 Å². The van der Waals surface area contributed by atoms with Gasteiger partial charge in [0.15, 0.2) is 0 Å². The molecule has 1 aromatic heterocycles. The molecule has 0 aliphatic heterocycles. The first-order valence-corrected chi connectivity index (χ1v) is 5.80. The Balaban J connectivity index is 2.48. The molecule has 2 rings (SSSR count). The van der Waals surface area contributed by atoms with Crippen LogP contribution in [0.15, 0.2) is 40.1 Å². The van der Waals surface area contributed by atoms with Gasteiger partial charge in [-0.15, -0.1) is 0 Å². The van der Waals surface area contributed by atoms with Crippen molar-refractivity contribution >= 4 is 12.6 Å². The van der Waals surface area contributed by atoms with Gasteiger partial charge in [0.1, 0.15) is 5.82 Å². The maximum Gasteiger partial charge on any atom is 0.488 e. The van der Waals surface area contributed by atoms with E-state index in [-0.39, 0.29) is 12.0 Å². The van der Waals surface area contributed by atoms with E-state index in [4.69, 9.17) is 10.0 Å². The van der Waals surface area contributed by atoms with Crippen LogP contribution in [-0.2, 0) is 13.6 Å². The second-order valence-corrected chi connectivity index (χ2v) is 4.40. The molecule has 0 saturated heterocycles. The molecule has 6 nitrogen and oxygen atoms in total. The first-order chi connectivity index (χ1) is 9.38. The highest BCUT2D eigenvalue weighted by molar-refractivity contribution is 6.58. The van der Waals surface area contributed by atoms with Gasteiger partial charge in [-0.3, -0.25) is 9.36 Å². The number of hydrogen-bond acceptors (Lipinski definition) is 4. The van der Waals surface area contributed by atoms with E-state index < -0.39 is 24.2 Å². The van der Waals surface area contributed by atoms with Crippen LogP contribution < -0.4 is 16.7 Å². The average Bonchev–Trinajstić information content (AvgIpc) is 2.38. The molecule has 0 aliphatic carbocycles. The van der Waals surface area contributed by atoms with Gasteiger partial charge in [-0.05, 0) is 23.2 Å². The smallest absolute Gasteiger partial charge is 0.423 e. The number of rotatable bonds is 3. The Morgan fingerprint density at radius 2 is 1.95 bits per heavy atom. The van der Waals surface area contributed by atoms with E-state index in [0.29, 0.717) is 5.56 Å². The third kappa shape index (κ3) is 2.86. The number of benzene rings is 1. The SMILES string of the molecule is Cn1ccc(=O)n(Cc2cc(F)cc(B(O)O)c2)c1=O. The summed E-state index contributed by atoms with van der Waals surface area (Å²) >= 11 is 0. The van der Waals surface area contributed by atoms with E-state index in [1.807, 2.05) is 0 Å². The van der Waals surface area contributed by atoms with Gasteiger partial charge in [-0.25, -0.2) is 9.18 Å². The van der Waals surface area contributed by atoms with Crippen molar-refractivity contribution in [3.05, 3.63) is 62.7 Å². The third-order valence-electron chi connectivity index (χ3n) is 2.86. The molecule has 0 atom stereocenters. The highest BCUT2D eigenvalue weighted by Gasteiger charge is 2.14. The molecule has 0 unspecified atom stereocenters. The van der Waals surface area contributed by atoms with Gasteiger partial charge in [0.05, 0.1) is 6.54 Å². The second kappa shape index (κ2) is 5.44. The zero-order valence-corrected chi connectivity index (χ0v) is 10.7. The summed E-state index contributed by atoms with van der Waals surface area (Å²) < 4.78 is 15.5. The Kier molecular flexibility index (Phi) is 3.87. The summed E-state index contributed by atoms with van der Waals surface area (Å²) in [5.74, 6) is -0.675. The van der Waals surface area contributed by atoms with Gasteiger partial charge in [-0.2, -0.15) is 0 Å². The summed E-state index contributed by atoms with van der Waals surface area (Å²) in [6.07, 6.45) is 1.34. The molecular formula is C12H12BFN2O4. The van der Waals surface area contributed by atoms with Crippen LogP contribution in [0, 0.1) is 5.82 Å². The summed E-state index contributed by atoms with van der Waals surface area (Å²) in [5.41, 5.74) is -0.796. The van der Waals surface area contributed by atoms with Crippen molar-refractivity contribution in [2.24, 2.45) is 7.05 Å². The maximum atomic E-state index is 13.4. The zero-order valence-electron chi connectivity index (χ0n) is 10.7. The van der Waals surface area contributed by atoms with E-state index in [0.717, 1.165) is 16.7 Å². The highest BCUT2D eigenvalue weighted by atomic mass is 19.1. The number of hydrogen-bond donors (Lipinski definition) is 2. The molecule has 0 bridgehead atoms. The summed E-state index contributed by atoms with van der Waals surface area (Å²) in [6, 6.07) is 4.65. The predicted molar refractivity (Wildman–Crippen MR) is 71.3 cm³/mol. The third-order valence-corrected chi connectivity index (χ3v) is 2.86. The molecule has 2 N–H and O–H groups in total. The second-order valence-electron chi connectivity index (χ2n) is 4.40. The number of aryl methyl sites for hydroxylation is 1. The van der Waals surface area contributed by atoms with Crippen molar-refractivity contribution in [1.29, 1.82) is 0 Å². The summed E-state index contributed by atoms with van der Waals surface area (Å²) in [5, 5.41) is 18.1.